The molecule has 0 radical (unpaired) electrons. The number of nitrogens with one attached hydrogen (secondary N) is 1. The number of rotatable bonds is 4. The molecule has 152 valence electrons. The largest absolute Gasteiger partial charge is 0.381 e. The Balaban J connectivity index is 1.58. The van der Waals surface area contributed by atoms with Gasteiger partial charge in [-0.1, -0.05) is 12.1 Å². The van der Waals surface area contributed by atoms with Crippen molar-refractivity contribution in [2.45, 2.75) is 31.1 Å². The Hall–Kier alpha value is -2.80. The maximum Gasteiger partial charge on any atom is 0.235 e. The van der Waals surface area contributed by atoms with Crippen LogP contribution in [-0.2, 0) is 19.7 Å². The summed E-state index contributed by atoms with van der Waals surface area (Å²) in [6.07, 6.45) is 2.03. The molecule has 2 saturated heterocycles. The van der Waals surface area contributed by atoms with Gasteiger partial charge in [0.1, 0.15) is 11.6 Å². The molecule has 2 aromatic carbocycles. The van der Waals surface area contributed by atoms with E-state index in [0.717, 1.165) is 0 Å². The summed E-state index contributed by atoms with van der Waals surface area (Å²) in [5, 5.41) is 2.80. The molecular formula is C22H22F2N2O3. The highest BCUT2D eigenvalue weighted by Gasteiger charge is 2.41. The van der Waals surface area contributed by atoms with E-state index in [1.54, 1.807) is 18.2 Å². The van der Waals surface area contributed by atoms with Crippen LogP contribution in [0.2, 0.25) is 0 Å². The van der Waals surface area contributed by atoms with E-state index in [2.05, 4.69) is 5.32 Å². The average molecular weight is 400 g/mol. The quantitative estimate of drug-likeness (QED) is 0.850. The molecule has 4 rings (SSSR count). The average Bonchev–Trinajstić information content (AvgIpc) is 3.15. The topological polar surface area (TPSA) is 58.6 Å². The molecular weight excluding hydrogens is 378 g/mol. The lowest BCUT2D eigenvalue weighted by atomic mass is 9.73. The van der Waals surface area contributed by atoms with E-state index in [9.17, 15) is 18.4 Å². The van der Waals surface area contributed by atoms with Crippen LogP contribution < -0.4 is 10.2 Å². The summed E-state index contributed by atoms with van der Waals surface area (Å²) in [6.45, 7) is 1.32. The van der Waals surface area contributed by atoms with Crippen LogP contribution in [0.3, 0.4) is 0 Å². The number of halogens is 2. The van der Waals surface area contributed by atoms with Crippen LogP contribution in [0, 0.1) is 11.6 Å². The van der Waals surface area contributed by atoms with Gasteiger partial charge in [0.15, 0.2) is 0 Å². The number of amides is 2. The van der Waals surface area contributed by atoms with Gasteiger partial charge in [-0.2, -0.15) is 0 Å². The fourth-order valence-corrected chi connectivity index (χ4v) is 4.09. The summed E-state index contributed by atoms with van der Waals surface area (Å²) in [5.41, 5.74) is 0.381. The van der Waals surface area contributed by atoms with Gasteiger partial charge in [0.25, 0.3) is 0 Å². The van der Waals surface area contributed by atoms with Crippen LogP contribution in [-0.4, -0.2) is 31.6 Å². The fraction of sp³-hybridized carbons (Fsp3) is 0.364. The molecule has 2 aliphatic rings. The normalized spacial score (nSPS) is 18.7. The molecule has 0 bridgehead atoms. The molecule has 2 fully saturated rings. The van der Waals surface area contributed by atoms with Gasteiger partial charge >= 0.3 is 0 Å². The lowest BCUT2D eigenvalue weighted by Gasteiger charge is -2.36. The Bertz CT molecular complexity index is 924. The van der Waals surface area contributed by atoms with Gasteiger partial charge in [0.05, 0.1) is 11.1 Å². The first-order valence-electron chi connectivity index (χ1n) is 9.75. The number of carbonyl (C=O) groups is 2. The van der Waals surface area contributed by atoms with Gasteiger partial charge in [-0.3, -0.25) is 9.59 Å². The summed E-state index contributed by atoms with van der Waals surface area (Å²) in [4.78, 5) is 26.5. The summed E-state index contributed by atoms with van der Waals surface area (Å²) in [7, 11) is 0. The third-order valence-electron chi connectivity index (χ3n) is 5.75. The van der Waals surface area contributed by atoms with Crippen LogP contribution in [0.4, 0.5) is 20.2 Å². The second kappa shape index (κ2) is 7.91. The van der Waals surface area contributed by atoms with Crippen molar-refractivity contribution >= 4 is 23.2 Å². The fourth-order valence-electron chi connectivity index (χ4n) is 4.09. The Morgan fingerprint density at radius 1 is 1.07 bits per heavy atom. The lowest BCUT2D eigenvalue weighted by Crippen LogP contribution is -2.44. The molecule has 0 saturated carbocycles. The molecule has 2 aliphatic heterocycles. The molecule has 0 aliphatic carbocycles. The molecule has 0 spiro atoms. The molecule has 0 unspecified atom stereocenters. The van der Waals surface area contributed by atoms with Crippen molar-refractivity contribution in [1.82, 2.24) is 0 Å². The number of hydrogen-bond acceptors (Lipinski definition) is 3. The predicted octanol–water partition coefficient (Wildman–Crippen LogP) is 3.78. The number of carbonyl (C=O) groups excluding carboxylic acids is 2. The summed E-state index contributed by atoms with van der Waals surface area (Å²) in [6, 6.07) is 10.2. The standard InChI is InChI=1S/C22H22F2N2O3/c23-16-5-3-15(4-6-16)22(9-12-29-13-10-22)21(28)25-17-7-8-19(18(24)14-17)26-11-1-2-20(26)27/h3-8,14H,1-2,9-13H2,(H,25,28). The molecule has 0 aromatic heterocycles. The first-order valence-corrected chi connectivity index (χ1v) is 9.75. The summed E-state index contributed by atoms with van der Waals surface area (Å²) >= 11 is 0. The first-order chi connectivity index (χ1) is 14.0. The van der Waals surface area contributed by atoms with Gasteiger partial charge in [0.2, 0.25) is 11.8 Å². The highest BCUT2D eigenvalue weighted by atomic mass is 19.1. The van der Waals surface area contributed by atoms with E-state index in [-0.39, 0.29) is 23.3 Å². The third kappa shape index (κ3) is 3.74. The minimum Gasteiger partial charge on any atom is -0.381 e. The van der Waals surface area contributed by atoms with Crippen LogP contribution in [0.25, 0.3) is 0 Å². The summed E-state index contributed by atoms with van der Waals surface area (Å²) in [5.74, 6) is -1.30. The van der Waals surface area contributed by atoms with Crippen molar-refractivity contribution in [3.05, 3.63) is 59.7 Å². The van der Waals surface area contributed by atoms with Crippen LogP contribution in [0.5, 0.6) is 0 Å². The highest BCUT2D eigenvalue weighted by molar-refractivity contribution is 6.00. The molecule has 7 heteroatoms. The van der Waals surface area contributed by atoms with Crippen molar-refractivity contribution in [3.63, 3.8) is 0 Å². The third-order valence-corrected chi connectivity index (χ3v) is 5.75. The second-order valence-corrected chi connectivity index (χ2v) is 7.47. The predicted molar refractivity (Wildman–Crippen MR) is 105 cm³/mol. The number of hydrogen-bond donors (Lipinski definition) is 1. The van der Waals surface area contributed by atoms with Crippen LogP contribution in [0.15, 0.2) is 42.5 Å². The van der Waals surface area contributed by atoms with E-state index in [0.29, 0.717) is 56.7 Å². The van der Waals surface area contributed by atoms with Crippen molar-refractivity contribution in [2.75, 3.05) is 30.0 Å². The Kier molecular flexibility index (Phi) is 5.32. The van der Waals surface area contributed by atoms with E-state index in [1.807, 2.05) is 0 Å². The van der Waals surface area contributed by atoms with Crippen molar-refractivity contribution in [3.8, 4) is 0 Å². The zero-order chi connectivity index (χ0) is 20.4. The number of anilines is 2. The minimum atomic E-state index is -0.869. The van der Waals surface area contributed by atoms with Gasteiger partial charge in [-0.25, -0.2) is 8.78 Å². The van der Waals surface area contributed by atoms with E-state index < -0.39 is 11.2 Å². The molecule has 0 atom stereocenters. The molecule has 2 amide bonds. The van der Waals surface area contributed by atoms with Crippen molar-refractivity contribution < 1.29 is 23.1 Å². The number of ether oxygens (including phenoxy) is 1. The monoisotopic (exact) mass is 400 g/mol. The zero-order valence-corrected chi connectivity index (χ0v) is 15.9. The second-order valence-electron chi connectivity index (χ2n) is 7.47. The van der Waals surface area contributed by atoms with Crippen LogP contribution in [0.1, 0.15) is 31.2 Å². The molecule has 1 N–H and O–H groups in total. The maximum absolute atomic E-state index is 14.6. The molecule has 2 aromatic rings. The molecule has 29 heavy (non-hydrogen) atoms. The zero-order valence-electron chi connectivity index (χ0n) is 15.9. The SMILES string of the molecule is O=C1CCCN1c1ccc(NC(=O)C2(c3ccc(F)cc3)CCOCC2)cc1F. The molecule has 5 nitrogen and oxygen atoms in total. The minimum absolute atomic E-state index is 0.0989. The molecule has 2 heterocycles. The maximum atomic E-state index is 14.6. The number of benzene rings is 2. The Morgan fingerprint density at radius 2 is 1.79 bits per heavy atom. The Morgan fingerprint density at radius 3 is 2.41 bits per heavy atom. The highest BCUT2D eigenvalue weighted by Crippen LogP contribution is 2.37. The van der Waals surface area contributed by atoms with Crippen LogP contribution >= 0.6 is 0 Å². The van der Waals surface area contributed by atoms with E-state index in [1.165, 1.54) is 29.2 Å². The van der Waals surface area contributed by atoms with Gasteiger partial charge in [0, 0.05) is 31.9 Å². The van der Waals surface area contributed by atoms with Gasteiger partial charge in [-0.05, 0) is 55.2 Å². The summed E-state index contributed by atoms with van der Waals surface area (Å²) < 4.78 is 33.4. The lowest BCUT2D eigenvalue weighted by molar-refractivity contribution is -0.125. The van der Waals surface area contributed by atoms with E-state index >= 15 is 0 Å². The van der Waals surface area contributed by atoms with Crippen molar-refractivity contribution in [1.29, 1.82) is 0 Å². The van der Waals surface area contributed by atoms with Crippen molar-refractivity contribution in [2.24, 2.45) is 0 Å². The smallest absolute Gasteiger partial charge is 0.235 e. The van der Waals surface area contributed by atoms with Gasteiger partial charge in [-0.15, -0.1) is 0 Å². The van der Waals surface area contributed by atoms with E-state index in [4.69, 9.17) is 4.74 Å². The van der Waals surface area contributed by atoms with Gasteiger partial charge < -0.3 is 15.0 Å². The Labute approximate surface area is 167 Å². The number of nitrogens with zero attached hydrogens (tertiary/aromatic N) is 1. The first kappa shape index (κ1) is 19.5.